The molecule has 0 unspecified atom stereocenters. The van der Waals surface area contributed by atoms with Crippen LogP contribution in [0.2, 0.25) is 0 Å². The third kappa shape index (κ3) is 2.52. The van der Waals surface area contributed by atoms with E-state index < -0.39 is 10.0 Å². The molecule has 0 aliphatic carbocycles. The molecule has 2 heterocycles. The molecule has 2 aromatic rings. The number of thiophene rings is 2. The molecule has 8 heteroatoms. The molecule has 0 radical (unpaired) electrons. The highest BCUT2D eigenvalue weighted by atomic mass is 79.9. The SMILES string of the molecule is N#Cc1ccsc1NS(=O)(=O)c1sccc1Br. The first kappa shape index (κ1) is 12.6. The van der Waals surface area contributed by atoms with Gasteiger partial charge in [-0.2, -0.15) is 5.26 Å². The molecule has 0 saturated carbocycles. The summed E-state index contributed by atoms with van der Waals surface area (Å²) in [6.45, 7) is 0. The number of halogens is 1. The minimum atomic E-state index is -3.62. The molecule has 17 heavy (non-hydrogen) atoms. The summed E-state index contributed by atoms with van der Waals surface area (Å²) < 4.78 is 27.2. The van der Waals surface area contributed by atoms with Gasteiger partial charge in [0.1, 0.15) is 11.1 Å². The van der Waals surface area contributed by atoms with Crippen molar-refractivity contribution in [2.24, 2.45) is 0 Å². The fourth-order valence-corrected chi connectivity index (χ4v) is 5.52. The van der Waals surface area contributed by atoms with E-state index in [0.717, 1.165) is 11.3 Å². The Bertz CT molecular complexity index is 681. The summed E-state index contributed by atoms with van der Waals surface area (Å²) in [5, 5.41) is 12.5. The number of rotatable bonds is 3. The highest BCUT2D eigenvalue weighted by molar-refractivity contribution is 9.10. The normalized spacial score (nSPS) is 11.1. The quantitative estimate of drug-likeness (QED) is 0.925. The molecule has 0 aromatic carbocycles. The lowest BCUT2D eigenvalue weighted by Gasteiger charge is -2.04. The van der Waals surface area contributed by atoms with Gasteiger partial charge in [0.15, 0.2) is 4.21 Å². The molecular weight excluding hydrogens is 344 g/mol. The summed E-state index contributed by atoms with van der Waals surface area (Å²) in [7, 11) is -3.62. The van der Waals surface area contributed by atoms with Crippen LogP contribution in [-0.4, -0.2) is 8.42 Å². The van der Waals surface area contributed by atoms with E-state index >= 15 is 0 Å². The number of hydrogen-bond acceptors (Lipinski definition) is 5. The molecule has 88 valence electrons. The van der Waals surface area contributed by atoms with Crippen LogP contribution in [0.3, 0.4) is 0 Å². The minimum Gasteiger partial charge on any atom is -0.269 e. The number of nitrogens with zero attached hydrogens (tertiary/aromatic N) is 1. The minimum absolute atomic E-state index is 0.204. The summed E-state index contributed by atoms with van der Waals surface area (Å²) >= 11 is 5.47. The summed E-state index contributed by atoms with van der Waals surface area (Å²) in [4.78, 5) is 0. The standard InChI is InChI=1S/C9H5BrN2O2S3/c10-7-2-4-16-9(7)17(13,14)12-8-6(5-11)1-3-15-8/h1-4,12H. The zero-order chi connectivity index (χ0) is 12.5. The van der Waals surface area contributed by atoms with Crippen LogP contribution in [-0.2, 0) is 10.0 Å². The van der Waals surface area contributed by atoms with E-state index in [0.29, 0.717) is 15.0 Å². The number of sulfonamides is 1. The zero-order valence-corrected chi connectivity index (χ0v) is 12.2. The van der Waals surface area contributed by atoms with Gasteiger partial charge in [-0.05, 0) is 38.8 Å². The predicted octanol–water partition coefficient (Wildman–Crippen LogP) is 3.24. The van der Waals surface area contributed by atoms with Crippen LogP contribution in [0.15, 0.2) is 31.6 Å². The van der Waals surface area contributed by atoms with Gasteiger partial charge in [-0.25, -0.2) is 8.42 Å². The van der Waals surface area contributed by atoms with Gasteiger partial charge < -0.3 is 0 Å². The third-order valence-corrected chi connectivity index (χ3v) is 6.82. The summed E-state index contributed by atoms with van der Waals surface area (Å²) in [6, 6.07) is 5.17. The second-order valence-electron chi connectivity index (χ2n) is 2.94. The highest BCUT2D eigenvalue weighted by Gasteiger charge is 2.21. The van der Waals surface area contributed by atoms with Crippen molar-refractivity contribution in [2.75, 3.05) is 4.72 Å². The lowest BCUT2D eigenvalue weighted by molar-refractivity contribution is 0.603. The molecule has 0 saturated heterocycles. The molecule has 0 aliphatic rings. The largest absolute Gasteiger partial charge is 0.273 e. The van der Waals surface area contributed by atoms with Crippen LogP contribution in [0.25, 0.3) is 0 Å². The van der Waals surface area contributed by atoms with E-state index in [1.165, 1.54) is 11.3 Å². The topological polar surface area (TPSA) is 70.0 Å². The predicted molar refractivity (Wildman–Crippen MR) is 71.9 cm³/mol. The smallest absolute Gasteiger partial charge is 0.269 e. The van der Waals surface area contributed by atoms with Gasteiger partial charge in [0, 0.05) is 4.47 Å². The van der Waals surface area contributed by atoms with Crippen molar-refractivity contribution in [1.82, 2.24) is 0 Å². The number of anilines is 1. The second-order valence-corrected chi connectivity index (χ2v) is 7.50. The molecule has 0 spiro atoms. The van der Waals surface area contributed by atoms with Gasteiger partial charge in [0.05, 0.1) is 5.56 Å². The van der Waals surface area contributed by atoms with E-state index in [9.17, 15) is 8.42 Å². The van der Waals surface area contributed by atoms with Gasteiger partial charge in [-0.1, -0.05) is 0 Å². The monoisotopic (exact) mass is 348 g/mol. The zero-order valence-electron chi connectivity index (χ0n) is 8.18. The van der Waals surface area contributed by atoms with Gasteiger partial charge in [0.25, 0.3) is 10.0 Å². The van der Waals surface area contributed by atoms with Crippen molar-refractivity contribution in [2.45, 2.75) is 4.21 Å². The van der Waals surface area contributed by atoms with Crippen molar-refractivity contribution in [1.29, 1.82) is 5.26 Å². The Balaban J connectivity index is 2.38. The van der Waals surface area contributed by atoms with Gasteiger partial charge in [-0.3, -0.25) is 4.72 Å². The van der Waals surface area contributed by atoms with Gasteiger partial charge in [0.2, 0.25) is 0 Å². The molecule has 0 aliphatic heterocycles. The van der Waals surface area contributed by atoms with Crippen molar-refractivity contribution < 1.29 is 8.42 Å². The van der Waals surface area contributed by atoms with E-state index in [-0.39, 0.29) is 4.21 Å². The maximum absolute atomic E-state index is 12.0. The maximum Gasteiger partial charge on any atom is 0.273 e. The highest BCUT2D eigenvalue weighted by Crippen LogP contribution is 2.31. The molecule has 4 nitrogen and oxygen atoms in total. The van der Waals surface area contributed by atoms with E-state index in [4.69, 9.17) is 5.26 Å². The van der Waals surface area contributed by atoms with Gasteiger partial charge >= 0.3 is 0 Å². The first-order valence-electron chi connectivity index (χ1n) is 4.28. The van der Waals surface area contributed by atoms with Crippen LogP contribution in [0.5, 0.6) is 0 Å². The van der Waals surface area contributed by atoms with E-state index in [2.05, 4.69) is 20.7 Å². The molecule has 1 N–H and O–H groups in total. The maximum atomic E-state index is 12.0. The Morgan fingerprint density at radius 2 is 2.00 bits per heavy atom. The summed E-state index contributed by atoms with van der Waals surface area (Å²) in [5.41, 5.74) is 0.325. The van der Waals surface area contributed by atoms with Crippen molar-refractivity contribution in [3.05, 3.63) is 32.9 Å². The summed E-state index contributed by atoms with van der Waals surface area (Å²) in [6.07, 6.45) is 0. The first-order chi connectivity index (χ1) is 8.04. The lowest BCUT2D eigenvalue weighted by atomic mass is 10.4. The lowest BCUT2D eigenvalue weighted by Crippen LogP contribution is -2.11. The molecule has 0 amide bonds. The van der Waals surface area contributed by atoms with Gasteiger partial charge in [-0.15, -0.1) is 22.7 Å². The average molecular weight is 349 g/mol. The van der Waals surface area contributed by atoms with Crippen molar-refractivity contribution >= 4 is 53.6 Å². The molecule has 0 atom stereocenters. The molecule has 0 fully saturated rings. The third-order valence-electron chi connectivity index (χ3n) is 1.84. The van der Waals surface area contributed by atoms with Crippen LogP contribution in [0.4, 0.5) is 5.00 Å². The first-order valence-corrected chi connectivity index (χ1v) is 8.31. The molecule has 2 aromatic heterocycles. The van der Waals surface area contributed by atoms with Crippen LogP contribution < -0.4 is 4.72 Å². The van der Waals surface area contributed by atoms with E-state index in [1.807, 2.05) is 6.07 Å². The Kier molecular flexibility index (Phi) is 3.53. The van der Waals surface area contributed by atoms with Crippen molar-refractivity contribution in [3.63, 3.8) is 0 Å². The average Bonchev–Trinajstić information content (AvgIpc) is 2.86. The van der Waals surface area contributed by atoms with Crippen LogP contribution in [0.1, 0.15) is 5.56 Å². The molecule has 0 bridgehead atoms. The van der Waals surface area contributed by atoms with Crippen LogP contribution in [0, 0.1) is 11.3 Å². The number of hydrogen-bond donors (Lipinski definition) is 1. The second kappa shape index (κ2) is 4.78. The Morgan fingerprint density at radius 1 is 1.29 bits per heavy atom. The molecular formula is C9H5BrN2O2S3. The molecule has 2 rings (SSSR count). The van der Waals surface area contributed by atoms with Crippen LogP contribution >= 0.6 is 38.6 Å². The van der Waals surface area contributed by atoms with Crippen molar-refractivity contribution in [3.8, 4) is 6.07 Å². The Hall–Kier alpha value is -0.880. The number of nitriles is 1. The summed E-state index contributed by atoms with van der Waals surface area (Å²) in [5.74, 6) is 0. The fraction of sp³-hybridized carbons (Fsp3) is 0. The van der Waals surface area contributed by atoms with E-state index in [1.54, 1.807) is 22.9 Å². The Labute approximate surface area is 115 Å². The number of nitrogens with one attached hydrogen (secondary N) is 1. The fourth-order valence-electron chi connectivity index (χ4n) is 1.12. The Morgan fingerprint density at radius 3 is 2.59 bits per heavy atom.